The first-order valence-corrected chi connectivity index (χ1v) is 26.6. The van der Waals surface area contributed by atoms with Crippen LogP contribution in [0.1, 0.15) is 248 Å². The van der Waals surface area contributed by atoms with Crippen LogP contribution in [0.4, 0.5) is 0 Å². The maximum atomic E-state index is 13.6. The largest absolute Gasteiger partial charge is 0.466 e. The van der Waals surface area contributed by atoms with Gasteiger partial charge in [-0.25, -0.2) is 0 Å². The summed E-state index contributed by atoms with van der Waals surface area (Å²) in [6, 6.07) is 0. The van der Waals surface area contributed by atoms with Gasteiger partial charge in [0.15, 0.2) is 0 Å². The summed E-state index contributed by atoms with van der Waals surface area (Å²) in [5.74, 6) is -0.0877. The summed E-state index contributed by atoms with van der Waals surface area (Å²) < 4.78 is 11.4. The number of unbranched alkanes of at least 4 members (excludes halogenated alkanes) is 18. The maximum Gasteiger partial charge on any atom is 0.306 e. The number of carbonyl (C=O) groups is 5. The summed E-state index contributed by atoms with van der Waals surface area (Å²) in [5, 5.41) is 3.09. The number of hydrogen-bond acceptors (Lipinski definition) is 9. The van der Waals surface area contributed by atoms with E-state index in [1.165, 1.54) is 83.5 Å². The molecule has 1 aromatic rings. The lowest BCUT2D eigenvalue weighted by Gasteiger charge is -2.27. The maximum absolute atomic E-state index is 13.6. The normalized spacial score (nSPS) is 12.8. The van der Waals surface area contributed by atoms with Gasteiger partial charge in [-0.2, -0.15) is 0 Å². The van der Waals surface area contributed by atoms with Crippen molar-refractivity contribution in [1.82, 2.24) is 15.1 Å². The van der Waals surface area contributed by atoms with Crippen LogP contribution in [0.25, 0.3) is 0 Å². The van der Waals surface area contributed by atoms with Crippen molar-refractivity contribution in [3.05, 3.63) is 20.9 Å². The van der Waals surface area contributed by atoms with Crippen LogP contribution in [-0.4, -0.2) is 85.8 Å². The van der Waals surface area contributed by atoms with Crippen molar-refractivity contribution in [3.8, 4) is 0 Å². The number of rotatable bonds is 40. The third-order valence-electron chi connectivity index (χ3n) is 12.4. The molecular formula is C53H97N3O7S. The van der Waals surface area contributed by atoms with Crippen molar-refractivity contribution in [2.45, 2.75) is 246 Å². The van der Waals surface area contributed by atoms with Gasteiger partial charge in [-0.05, 0) is 90.3 Å². The van der Waals surface area contributed by atoms with Gasteiger partial charge in [0.2, 0.25) is 5.91 Å². The lowest BCUT2D eigenvalue weighted by Crippen LogP contribution is -2.36. The highest BCUT2D eigenvalue weighted by molar-refractivity contribution is 7.12. The van der Waals surface area contributed by atoms with Gasteiger partial charge in [-0.1, -0.05) is 131 Å². The monoisotopic (exact) mass is 920 g/mol. The van der Waals surface area contributed by atoms with E-state index in [9.17, 15) is 24.0 Å². The van der Waals surface area contributed by atoms with E-state index in [4.69, 9.17) is 9.47 Å². The molecule has 1 N–H and O–H groups in total. The topological polar surface area (TPSA) is 122 Å². The number of hydrogen-bond donors (Lipinski definition) is 1. The second-order valence-corrected chi connectivity index (χ2v) is 19.6. The third kappa shape index (κ3) is 27.6. The fourth-order valence-corrected chi connectivity index (χ4v) is 9.76. The molecule has 64 heavy (non-hydrogen) atoms. The number of esters is 2. The highest BCUT2D eigenvalue weighted by Crippen LogP contribution is 2.35. The van der Waals surface area contributed by atoms with Crippen molar-refractivity contribution in [2.24, 2.45) is 0 Å². The minimum Gasteiger partial charge on any atom is -0.466 e. The van der Waals surface area contributed by atoms with Gasteiger partial charge in [-0.3, -0.25) is 24.0 Å². The van der Waals surface area contributed by atoms with Gasteiger partial charge < -0.3 is 24.6 Å². The van der Waals surface area contributed by atoms with Gasteiger partial charge >= 0.3 is 11.9 Å². The first-order valence-electron chi connectivity index (χ1n) is 25.8. The SMILES string of the molecule is C.CCCCCCCCCOC(=O)CCCCCCC(=O)N1CCc2c(sc(CCC(=O)CCCCC(=O)OC(CCCCCC)CCCCCCCC)c2C(=O)NCCN(C)C)C1.[HH]. The molecule has 1 aliphatic rings. The Balaban J connectivity index is 0.0000205. The van der Waals surface area contributed by atoms with Gasteiger partial charge in [-0.15, -0.1) is 11.3 Å². The van der Waals surface area contributed by atoms with Crippen molar-refractivity contribution >= 4 is 40.9 Å². The zero-order chi connectivity index (χ0) is 45.9. The fourth-order valence-electron chi connectivity index (χ4n) is 8.40. The molecule has 2 rings (SSSR count). The molecule has 0 aromatic carbocycles. The predicted octanol–water partition coefficient (Wildman–Crippen LogP) is 13.1. The Hall–Kier alpha value is -2.79. The number of Topliss-reactive ketones (excluding diaryl/α,β-unsaturated/α-hetero) is 1. The summed E-state index contributed by atoms with van der Waals surface area (Å²) in [5.41, 5.74) is 1.72. The molecule has 1 aliphatic heterocycles. The van der Waals surface area contributed by atoms with Crippen LogP contribution < -0.4 is 5.32 Å². The summed E-state index contributed by atoms with van der Waals surface area (Å²) in [4.78, 5) is 70.9. The zero-order valence-corrected chi connectivity index (χ0v) is 41.7. The molecule has 0 radical (unpaired) electrons. The number of fused-ring (bicyclic) bond motifs is 1. The summed E-state index contributed by atoms with van der Waals surface area (Å²) in [6.07, 6.45) is 30.1. The Morgan fingerprint density at radius 3 is 1.84 bits per heavy atom. The first-order chi connectivity index (χ1) is 30.6. The molecule has 10 nitrogen and oxygen atoms in total. The van der Waals surface area contributed by atoms with Crippen LogP contribution >= 0.6 is 11.3 Å². The lowest BCUT2D eigenvalue weighted by atomic mass is 9.98. The smallest absolute Gasteiger partial charge is 0.306 e. The number of thiophene rings is 1. The van der Waals surface area contributed by atoms with Crippen molar-refractivity contribution in [1.29, 1.82) is 0 Å². The number of ether oxygens (including phenoxy) is 2. The van der Waals surface area contributed by atoms with Gasteiger partial charge in [0.25, 0.3) is 5.91 Å². The number of carbonyl (C=O) groups excluding carboxylic acids is 5. The van der Waals surface area contributed by atoms with E-state index in [2.05, 4.69) is 26.1 Å². The lowest BCUT2D eigenvalue weighted by molar-refractivity contribution is -0.150. The molecule has 0 bridgehead atoms. The van der Waals surface area contributed by atoms with Gasteiger partial charge in [0.1, 0.15) is 11.9 Å². The van der Waals surface area contributed by atoms with Crippen LogP contribution in [0.3, 0.4) is 0 Å². The molecule has 0 saturated carbocycles. The van der Waals surface area contributed by atoms with Crippen LogP contribution in [0, 0.1) is 0 Å². The molecule has 0 fully saturated rings. The second-order valence-electron chi connectivity index (χ2n) is 18.4. The second kappa shape index (κ2) is 38.3. The van der Waals surface area contributed by atoms with Gasteiger partial charge in [0, 0.05) is 62.9 Å². The quantitative estimate of drug-likeness (QED) is 0.0510. The van der Waals surface area contributed by atoms with E-state index >= 15 is 0 Å². The standard InChI is InChI=1S/C52H91N3O7S.CH4.H2/c1-6-9-12-15-17-21-28-41-61-49(58)33-25-20-19-24-32-48(57)55-39-37-45-47(42-55)63-46(51(45)52(60)53-38-40-54(4)5)36-35-43(56)29-26-27-34-50(59)62-44(30-22-14-11-8-3)31-23-18-16-13-10-7-2;;/h44H,6-42H2,1-5H3,(H,53,60);1H4;1H. The van der Waals surface area contributed by atoms with Crippen LogP contribution in [0.2, 0.25) is 0 Å². The number of ketones is 1. The Kier molecular flexibility index (Phi) is 35.5. The molecule has 2 heterocycles. The number of aryl methyl sites for hydroxylation is 1. The van der Waals surface area contributed by atoms with Crippen LogP contribution in [0.15, 0.2) is 0 Å². The minimum absolute atomic E-state index is 0. The van der Waals surface area contributed by atoms with Crippen LogP contribution in [0.5, 0.6) is 0 Å². The summed E-state index contributed by atoms with van der Waals surface area (Å²) in [6.45, 7) is 9.50. The Morgan fingerprint density at radius 1 is 0.672 bits per heavy atom. The third-order valence-corrected chi connectivity index (χ3v) is 13.6. The van der Waals surface area contributed by atoms with E-state index in [1.807, 2.05) is 23.9 Å². The van der Waals surface area contributed by atoms with E-state index < -0.39 is 0 Å². The molecule has 0 spiro atoms. The van der Waals surface area contributed by atoms with Crippen LogP contribution in [-0.2, 0) is 48.0 Å². The van der Waals surface area contributed by atoms with E-state index in [1.54, 1.807) is 11.3 Å². The fraction of sp³-hybridized carbons (Fsp3) is 0.830. The predicted molar refractivity (Wildman–Crippen MR) is 268 cm³/mol. The number of likely N-dealkylation sites (N-methyl/N-ethyl adjacent to an activating group) is 1. The average Bonchev–Trinajstić information content (AvgIpc) is 3.64. The zero-order valence-electron chi connectivity index (χ0n) is 40.9. The number of amides is 2. The Labute approximate surface area is 397 Å². The number of nitrogens with one attached hydrogen (secondary N) is 1. The minimum atomic E-state index is -0.140. The molecule has 0 saturated heterocycles. The molecule has 1 atom stereocenters. The molecule has 372 valence electrons. The molecule has 1 unspecified atom stereocenters. The molecule has 2 amide bonds. The van der Waals surface area contributed by atoms with Crippen molar-refractivity contribution in [2.75, 3.05) is 40.3 Å². The summed E-state index contributed by atoms with van der Waals surface area (Å²) >= 11 is 1.58. The molecular weight excluding hydrogens is 823 g/mol. The highest BCUT2D eigenvalue weighted by atomic mass is 32.1. The molecule has 1 aromatic heterocycles. The summed E-state index contributed by atoms with van der Waals surface area (Å²) in [7, 11) is 3.95. The van der Waals surface area contributed by atoms with Crippen molar-refractivity contribution < 1.29 is 34.9 Å². The van der Waals surface area contributed by atoms with E-state index in [-0.39, 0.29) is 44.5 Å². The Bertz CT molecular complexity index is 1420. The molecule has 0 aliphatic carbocycles. The highest BCUT2D eigenvalue weighted by Gasteiger charge is 2.29. The first kappa shape index (κ1) is 59.2. The number of nitrogens with zero attached hydrogens (tertiary/aromatic N) is 2. The van der Waals surface area contributed by atoms with Gasteiger partial charge in [0.05, 0.1) is 18.7 Å². The molecule has 11 heteroatoms. The van der Waals surface area contributed by atoms with E-state index in [0.29, 0.717) is 89.6 Å². The average molecular weight is 920 g/mol. The van der Waals surface area contributed by atoms with E-state index in [0.717, 1.165) is 86.1 Å². The van der Waals surface area contributed by atoms with Crippen molar-refractivity contribution in [3.63, 3.8) is 0 Å². The Morgan fingerprint density at radius 2 is 1.20 bits per heavy atom.